The van der Waals surface area contributed by atoms with Gasteiger partial charge in [0.25, 0.3) is 0 Å². The Balaban J connectivity index is 1.56. The van der Waals surface area contributed by atoms with Gasteiger partial charge in [-0.25, -0.2) is 4.98 Å². The molecule has 1 fully saturated rings. The van der Waals surface area contributed by atoms with Gasteiger partial charge in [0.15, 0.2) is 11.7 Å². The lowest BCUT2D eigenvalue weighted by atomic mass is 10.2. The molecule has 2 aromatic rings. The van der Waals surface area contributed by atoms with E-state index in [1.807, 2.05) is 35.2 Å². The fourth-order valence-electron chi connectivity index (χ4n) is 2.35. The molecule has 1 aliphatic rings. The van der Waals surface area contributed by atoms with E-state index >= 15 is 0 Å². The van der Waals surface area contributed by atoms with Crippen molar-refractivity contribution in [3.8, 4) is 11.3 Å². The summed E-state index contributed by atoms with van der Waals surface area (Å²) < 4.78 is 10.9. The van der Waals surface area contributed by atoms with Crippen molar-refractivity contribution in [2.75, 3.05) is 26.3 Å². The van der Waals surface area contributed by atoms with Crippen LogP contribution in [0.5, 0.6) is 0 Å². The molecule has 0 radical (unpaired) electrons. The van der Waals surface area contributed by atoms with Crippen molar-refractivity contribution >= 4 is 5.91 Å². The fraction of sp³-hybridized carbons (Fsp3) is 0.375. The monoisotopic (exact) mass is 286 g/mol. The first kappa shape index (κ1) is 13.8. The van der Waals surface area contributed by atoms with Crippen LogP contribution in [-0.2, 0) is 16.0 Å². The van der Waals surface area contributed by atoms with Crippen LogP contribution >= 0.6 is 0 Å². The molecule has 0 saturated carbocycles. The lowest BCUT2D eigenvalue weighted by Gasteiger charge is -2.26. The molecule has 1 aromatic heterocycles. The highest BCUT2D eigenvalue weighted by Crippen LogP contribution is 2.20. The van der Waals surface area contributed by atoms with Gasteiger partial charge in [0.1, 0.15) is 0 Å². The molecule has 5 heteroatoms. The van der Waals surface area contributed by atoms with Crippen LogP contribution in [0.4, 0.5) is 0 Å². The van der Waals surface area contributed by atoms with Crippen LogP contribution in [0.1, 0.15) is 12.3 Å². The van der Waals surface area contributed by atoms with Crippen LogP contribution < -0.4 is 0 Å². The average molecular weight is 286 g/mol. The highest BCUT2D eigenvalue weighted by Gasteiger charge is 2.17. The molecule has 1 saturated heterocycles. The van der Waals surface area contributed by atoms with Gasteiger partial charge in [-0.2, -0.15) is 0 Å². The van der Waals surface area contributed by atoms with Crippen molar-refractivity contribution in [2.45, 2.75) is 12.8 Å². The zero-order valence-electron chi connectivity index (χ0n) is 11.8. The number of morpholine rings is 1. The van der Waals surface area contributed by atoms with Gasteiger partial charge in [0.05, 0.1) is 19.4 Å². The summed E-state index contributed by atoms with van der Waals surface area (Å²) in [6.07, 6.45) is 2.67. The van der Waals surface area contributed by atoms with Crippen molar-refractivity contribution in [3.63, 3.8) is 0 Å². The summed E-state index contributed by atoms with van der Waals surface area (Å²) in [6.45, 7) is 2.62. The highest BCUT2D eigenvalue weighted by molar-refractivity contribution is 5.76. The van der Waals surface area contributed by atoms with E-state index in [1.54, 1.807) is 6.20 Å². The first-order valence-corrected chi connectivity index (χ1v) is 7.18. The molecule has 0 aliphatic carbocycles. The average Bonchev–Trinajstić information content (AvgIpc) is 3.03. The molecular weight excluding hydrogens is 268 g/mol. The number of hydrogen-bond acceptors (Lipinski definition) is 4. The number of oxazole rings is 1. The summed E-state index contributed by atoms with van der Waals surface area (Å²) >= 11 is 0. The first-order chi connectivity index (χ1) is 10.3. The van der Waals surface area contributed by atoms with Gasteiger partial charge >= 0.3 is 0 Å². The predicted octanol–water partition coefficient (Wildman–Crippen LogP) is 2.13. The van der Waals surface area contributed by atoms with Gasteiger partial charge in [-0.05, 0) is 0 Å². The van der Waals surface area contributed by atoms with Crippen LogP contribution in [0.2, 0.25) is 0 Å². The van der Waals surface area contributed by atoms with Crippen molar-refractivity contribution in [2.24, 2.45) is 0 Å². The molecule has 2 heterocycles. The van der Waals surface area contributed by atoms with Gasteiger partial charge in [0, 0.05) is 31.5 Å². The topological polar surface area (TPSA) is 55.6 Å². The van der Waals surface area contributed by atoms with E-state index < -0.39 is 0 Å². The molecule has 21 heavy (non-hydrogen) atoms. The minimum Gasteiger partial charge on any atom is -0.441 e. The third-order valence-electron chi connectivity index (χ3n) is 3.53. The van der Waals surface area contributed by atoms with E-state index in [2.05, 4.69) is 4.98 Å². The van der Waals surface area contributed by atoms with Crippen LogP contribution in [0, 0.1) is 0 Å². The number of amides is 1. The Labute approximate surface area is 123 Å². The van der Waals surface area contributed by atoms with Gasteiger partial charge in [-0.15, -0.1) is 0 Å². The number of benzene rings is 1. The number of carbonyl (C=O) groups is 1. The molecule has 3 rings (SSSR count). The van der Waals surface area contributed by atoms with Crippen molar-refractivity contribution in [1.29, 1.82) is 0 Å². The second-order valence-electron chi connectivity index (χ2n) is 4.98. The first-order valence-electron chi connectivity index (χ1n) is 7.18. The lowest BCUT2D eigenvalue weighted by Crippen LogP contribution is -2.40. The normalized spacial score (nSPS) is 15.1. The number of ether oxygens (including phenoxy) is 1. The predicted molar refractivity (Wildman–Crippen MR) is 77.7 cm³/mol. The van der Waals surface area contributed by atoms with Gasteiger partial charge < -0.3 is 14.1 Å². The van der Waals surface area contributed by atoms with E-state index in [9.17, 15) is 4.79 Å². The van der Waals surface area contributed by atoms with Gasteiger partial charge in [0.2, 0.25) is 5.91 Å². The standard InChI is InChI=1S/C16H18N2O3/c19-16(18-8-10-20-11-9-18)7-6-15-17-12-14(21-15)13-4-2-1-3-5-13/h1-5,12H,6-11H2. The Hall–Kier alpha value is -2.14. The maximum atomic E-state index is 12.0. The number of hydrogen-bond donors (Lipinski definition) is 0. The summed E-state index contributed by atoms with van der Waals surface area (Å²) in [5.41, 5.74) is 0.996. The molecule has 0 spiro atoms. The Kier molecular flexibility index (Phi) is 4.31. The van der Waals surface area contributed by atoms with E-state index in [-0.39, 0.29) is 5.91 Å². The summed E-state index contributed by atoms with van der Waals surface area (Å²) in [5.74, 6) is 1.48. The molecule has 1 aliphatic heterocycles. The number of nitrogens with zero attached hydrogens (tertiary/aromatic N) is 2. The smallest absolute Gasteiger partial charge is 0.223 e. The molecule has 5 nitrogen and oxygen atoms in total. The minimum atomic E-state index is 0.137. The zero-order chi connectivity index (χ0) is 14.5. The maximum absolute atomic E-state index is 12.0. The van der Waals surface area contributed by atoms with Gasteiger partial charge in [-0.1, -0.05) is 30.3 Å². The van der Waals surface area contributed by atoms with Crippen LogP contribution in [-0.4, -0.2) is 42.1 Å². The Morgan fingerprint density at radius 3 is 2.71 bits per heavy atom. The van der Waals surface area contributed by atoms with E-state index in [0.29, 0.717) is 45.0 Å². The number of aromatic nitrogens is 1. The van der Waals surface area contributed by atoms with Crippen molar-refractivity contribution in [1.82, 2.24) is 9.88 Å². The zero-order valence-corrected chi connectivity index (χ0v) is 11.8. The fourth-order valence-corrected chi connectivity index (χ4v) is 2.35. The Morgan fingerprint density at radius 1 is 1.19 bits per heavy atom. The van der Waals surface area contributed by atoms with E-state index in [4.69, 9.17) is 9.15 Å². The SMILES string of the molecule is O=C(CCc1ncc(-c2ccccc2)o1)N1CCOCC1. The third-order valence-corrected chi connectivity index (χ3v) is 3.53. The molecular formula is C16H18N2O3. The molecule has 0 bridgehead atoms. The Bertz CT molecular complexity index is 589. The van der Waals surface area contributed by atoms with Crippen LogP contribution in [0.3, 0.4) is 0 Å². The molecule has 0 unspecified atom stereocenters. The summed E-state index contributed by atoms with van der Waals surface area (Å²) in [5, 5.41) is 0. The lowest BCUT2D eigenvalue weighted by molar-refractivity contribution is -0.135. The van der Waals surface area contributed by atoms with E-state index in [1.165, 1.54) is 0 Å². The quantitative estimate of drug-likeness (QED) is 0.864. The summed E-state index contributed by atoms with van der Waals surface area (Å²) in [4.78, 5) is 18.1. The van der Waals surface area contributed by atoms with Crippen molar-refractivity contribution < 1.29 is 13.9 Å². The van der Waals surface area contributed by atoms with E-state index in [0.717, 1.165) is 11.3 Å². The van der Waals surface area contributed by atoms with Crippen molar-refractivity contribution in [3.05, 3.63) is 42.4 Å². The summed E-state index contributed by atoms with van der Waals surface area (Å²) in [6, 6.07) is 9.83. The molecule has 1 aromatic carbocycles. The second kappa shape index (κ2) is 6.54. The number of rotatable bonds is 4. The molecule has 1 amide bonds. The largest absolute Gasteiger partial charge is 0.441 e. The molecule has 110 valence electrons. The molecule has 0 N–H and O–H groups in total. The second-order valence-corrected chi connectivity index (χ2v) is 4.98. The number of carbonyl (C=O) groups excluding carboxylic acids is 1. The molecule has 0 atom stereocenters. The van der Waals surface area contributed by atoms with Crippen LogP contribution in [0.15, 0.2) is 40.9 Å². The van der Waals surface area contributed by atoms with Crippen LogP contribution in [0.25, 0.3) is 11.3 Å². The third kappa shape index (κ3) is 3.49. The summed E-state index contributed by atoms with van der Waals surface area (Å²) in [7, 11) is 0. The number of aryl methyl sites for hydroxylation is 1. The van der Waals surface area contributed by atoms with Gasteiger partial charge in [-0.3, -0.25) is 4.79 Å². The highest BCUT2D eigenvalue weighted by atomic mass is 16.5. The maximum Gasteiger partial charge on any atom is 0.223 e. The Morgan fingerprint density at radius 2 is 1.95 bits per heavy atom. The minimum absolute atomic E-state index is 0.137.